The highest BCUT2D eigenvalue weighted by atomic mass is 16.3. The van der Waals surface area contributed by atoms with E-state index in [-0.39, 0.29) is 0 Å². The Hall–Kier alpha value is -1.18. The molecule has 0 atom stereocenters. The number of rotatable bonds is 0. The molecule has 2 heterocycles. The van der Waals surface area contributed by atoms with Crippen molar-refractivity contribution in [1.82, 2.24) is 4.40 Å². The highest BCUT2D eigenvalue weighted by molar-refractivity contribution is 5.33. The van der Waals surface area contributed by atoms with E-state index in [0.29, 0.717) is 0 Å². The van der Waals surface area contributed by atoms with E-state index in [1.807, 2.05) is 18.3 Å². The molecule has 0 N–H and O–H groups in total. The number of oxazole rings is 1. The van der Waals surface area contributed by atoms with Gasteiger partial charge in [-0.05, 0) is 6.07 Å². The molecule has 2 rings (SSSR count). The van der Waals surface area contributed by atoms with Gasteiger partial charge < -0.3 is 4.42 Å². The lowest BCUT2D eigenvalue weighted by Crippen LogP contribution is -1.66. The molecule has 39 valence electrons. The van der Waals surface area contributed by atoms with Crippen molar-refractivity contribution >= 4 is 5.71 Å². The minimum atomic E-state index is 0.838. The molecule has 0 aromatic carbocycles. The molecule has 0 aliphatic rings. The summed E-state index contributed by atoms with van der Waals surface area (Å²) in [5, 5.41) is 0. The zero-order chi connectivity index (χ0) is 5.40. The Balaban J connectivity index is 3.06. The lowest BCUT2D eigenvalue weighted by Gasteiger charge is -1.71. The fourth-order valence-electron chi connectivity index (χ4n) is 0.711. The van der Waals surface area contributed by atoms with Crippen LogP contribution in [-0.4, -0.2) is 4.40 Å². The summed E-state index contributed by atoms with van der Waals surface area (Å²) < 4.78 is 6.76. The maximum atomic E-state index is 4.97. The van der Waals surface area contributed by atoms with Crippen LogP contribution in [-0.2, 0) is 0 Å². The molecule has 0 bridgehead atoms. The van der Waals surface area contributed by atoms with Crippen LogP contribution in [0.1, 0.15) is 0 Å². The summed E-state index contributed by atoms with van der Waals surface area (Å²) in [4.78, 5) is 0. The minimum absolute atomic E-state index is 0.838. The predicted octanol–water partition coefficient (Wildman–Crippen LogP) is 1.33. The number of aromatic nitrogens is 1. The molecule has 2 nitrogen and oxygen atoms in total. The maximum Gasteiger partial charge on any atom is 0.203 e. The van der Waals surface area contributed by atoms with Gasteiger partial charge in [-0.2, -0.15) is 0 Å². The van der Waals surface area contributed by atoms with E-state index in [9.17, 15) is 0 Å². The monoisotopic (exact) mass is 106 g/mol. The molecule has 1 radical (unpaired) electrons. The first-order chi connectivity index (χ1) is 3.97. The average Bonchev–Trinajstić information content (AvgIpc) is 2.15. The van der Waals surface area contributed by atoms with Crippen LogP contribution in [0.5, 0.6) is 0 Å². The van der Waals surface area contributed by atoms with Gasteiger partial charge in [-0.3, -0.25) is 4.40 Å². The SMILES string of the molecule is [c]1coc2cccn12. The van der Waals surface area contributed by atoms with E-state index in [1.54, 1.807) is 4.40 Å². The van der Waals surface area contributed by atoms with E-state index >= 15 is 0 Å². The van der Waals surface area contributed by atoms with E-state index in [2.05, 4.69) is 6.20 Å². The molecule has 0 saturated carbocycles. The van der Waals surface area contributed by atoms with Crippen molar-refractivity contribution in [2.24, 2.45) is 0 Å². The van der Waals surface area contributed by atoms with Gasteiger partial charge in [-0.25, -0.2) is 0 Å². The molecule has 0 spiro atoms. The molecule has 0 aliphatic heterocycles. The highest BCUT2D eigenvalue weighted by Gasteiger charge is 1.89. The Morgan fingerprint density at radius 2 is 2.62 bits per heavy atom. The average molecular weight is 106 g/mol. The Bertz CT molecular complexity index is 230. The van der Waals surface area contributed by atoms with Gasteiger partial charge >= 0.3 is 0 Å². The van der Waals surface area contributed by atoms with Crippen molar-refractivity contribution in [3.63, 3.8) is 0 Å². The molecular weight excluding hydrogens is 102 g/mol. The summed E-state index contributed by atoms with van der Waals surface area (Å²) in [6.07, 6.45) is 6.27. The molecule has 0 unspecified atom stereocenters. The van der Waals surface area contributed by atoms with Crippen LogP contribution in [0.25, 0.3) is 5.71 Å². The van der Waals surface area contributed by atoms with Gasteiger partial charge in [0.2, 0.25) is 5.71 Å². The number of hydrogen-bond donors (Lipinski definition) is 0. The van der Waals surface area contributed by atoms with Crippen LogP contribution in [0.3, 0.4) is 0 Å². The molecule has 0 amide bonds. The van der Waals surface area contributed by atoms with Crippen molar-refractivity contribution in [2.45, 2.75) is 0 Å². The Labute approximate surface area is 46.3 Å². The van der Waals surface area contributed by atoms with E-state index < -0.39 is 0 Å². The quantitative estimate of drug-likeness (QED) is 0.495. The first kappa shape index (κ1) is 3.78. The summed E-state index contributed by atoms with van der Waals surface area (Å²) >= 11 is 0. The Morgan fingerprint density at radius 1 is 1.62 bits per heavy atom. The molecular formula is C6H4NO. The van der Waals surface area contributed by atoms with Crippen LogP contribution >= 0.6 is 0 Å². The highest BCUT2D eigenvalue weighted by Crippen LogP contribution is 2.01. The molecule has 2 aromatic heterocycles. The van der Waals surface area contributed by atoms with Gasteiger partial charge in [0, 0.05) is 12.3 Å². The van der Waals surface area contributed by atoms with Gasteiger partial charge in [0.15, 0.2) is 0 Å². The van der Waals surface area contributed by atoms with Crippen LogP contribution < -0.4 is 0 Å². The number of hydrogen-bond acceptors (Lipinski definition) is 1. The van der Waals surface area contributed by atoms with Crippen molar-refractivity contribution in [3.05, 3.63) is 30.8 Å². The first-order valence-electron chi connectivity index (χ1n) is 2.39. The van der Waals surface area contributed by atoms with Crippen molar-refractivity contribution in [2.75, 3.05) is 0 Å². The first-order valence-corrected chi connectivity index (χ1v) is 2.39. The van der Waals surface area contributed by atoms with Gasteiger partial charge in [-0.1, -0.05) is 0 Å². The lowest BCUT2D eigenvalue weighted by atomic mass is 10.7. The molecule has 8 heavy (non-hydrogen) atoms. The van der Waals surface area contributed by atoms with Gasteiger partial charge in [0.25, 0.3) is 0 Å². The lowest BCUT2D eigenvalue weighted by molar-refractivity contribution is 0.608. The summed E-state index contributed by atoms with van der Waals surface area (Å²) in [5.74, 6) is 0. The molecule has 2 heteroatoms. The Kier molecular flexibility index (Phi) is 0.545. The van der Waals surface area contributed by atoms with Gasteiger partial charge in [-0.15, -0.1) is 0 Å². The van der Waals surface area contributed by atoms with Crippen LogP contribution in [0.15, 0.2) is 29.0 Å². The second-order valence-corrected chi connectivity index (χ2v) is 1.58. The fraction of sp³-hybridized carbons (Fsp3) is 0. The second-order valence-electron chi connectivity index (χ2n) is 1.58. The minimum Gasteiger partial charge on any atom is -0.446 e. The number of fused-ring (bicyclic) bond motifs is 1. The standard InChI is InChI=1S/C6H4NO/c1-2-6-7(3-1)4-5-8-6/h1-3,5H. The molecule has 2 aromatic rings. The van der Waals surface area contributed by atoms with E-state index in [1.165, 1.54) is 6.26 Å². The zero-order valence-corrected chi connectivity index (χ0v) is 4.16. The topological polar surface area (TPSA) is 17.6 Å². The third-order valence-corrected chi connectivity index (χ3v) is 1.08. The fourth-order valence-corrected chi connectivity index (χ4v) is 0.711. The molecule has 0 fully saturated rings. The molecule has 0 saturated heterocycles. The summed E-state index contributed by atoms with van der Waals surface area (Å²) in [6.45, 7) is 0. The smallest absolute Gasteiger partial charge is 0.203 e. The third-order valence-electron chi connectivity index (χ3n) is 1.08. The van der Waals surface area contributed by atoms with Crippen molar-refractivity contribution in [3.8, 4) is 0 Å². The summed E-state index contributed by atoms with van der Waals surface area (Å²) in [6, 6.07) is 3.80. The summed E-state index contributed by atoms with van der Waals surface area (Å²) in [7, 11) is 0. The third kappa shape index (κ3) is 0.320. The maximum absolute atomic E-state index is 4.97. The van der Waals surface area contributed by atoms with Crippen molar-refractivity contribution in [1.29, 1.82) is 0 Å². The molecule has 0 aliphatic carbocycles. The van der Waals surface area contributed by atoms with Crippen LogP contribution in [0.2, 0.25) is 0 Å². The van der Waals surface area contributed by atoms with Crippen LogP contribution in [0, 0.1) is 6.20 Å². The van der Waals surface area contributed by atoms with Gasteiger partial charge in [0.1, 0.15) is 12.5 Å². The second kappa shape index (κ2) is 1.15. The zero-order valence-electron chi connectivity index (χ0n) is 4.16. The van der Waals surface area contributed by atoms with E-state index in [4.69, 9.17) is 4.42 Å². The van der Waals surface area contributed by atoms with Crippen LogP contribution in [0.4, 0.5) is 0 Å². The van der Waals surface area contributed by atoms with Gasteiger partial charge in [0.05, 0.1) is 0 Å². The Morgan fingerprint density at radius 3 is 3.50 bits per heavy atom. The largest absolute Gasteiger partial charge is 0.446 e. The predicted molar refractivity (Wildman–Crippen MR) is 28.5 cm³/mol. The number of nitrogens with zero attached hydrogens (tertiary/aromatic N) is 1. The normalized spacial score (nSPS) is 10.5. The van der Waals surface area contributed by atoms with E-state index in [0.717, 1.165) is 5.71 Å². The summed E-state index contributed by atoms with van der Waals surface area (Å²) in [5.41, 5.74) is 0.838. The van der Waals surface area contributed by atoms with Crippen molar-refractivity contribution < 1.29 is 4.42 Å².